The average molecular weight is 212 g/mol. The van der Waals surface area contributed by atoms with E-state index in [2.05, 4.69) is 0 Å². The fraction of sp³-hybridized carbons (Fsp3) is 0.833. The molecule has 0 aromatic carbocycles. The molecule has 3 heteroatoms. The first kappa shape index (κ1) is 12.2. The number of rotatable bonds is 3. The molecule has 0 aromatic heterocycles. The topological polar surface area (TPSA) is 43.4 Å². The molecule has 0 bridgehead atoms. The second kappa shape index (κ2) is 4.77. The van der Waals surface area contributed by atoms with Crippen LogP contribution in [0, 0.1) is 5.92 Å². The zero-order valence-electron chi connectivity index (χ0n) is 9.84. The average Bonchev–Trinajstić information content (AvgIpc) is 2.17. The normalized spacial score (nSPS) is 21.8. The lowest BCUT2D eigenvalue weighted by Crippen LogP contribution is -2.46. The van der Waals surface area contributed by atoms with Gasteiger partial charge in [0.15, 0.2) is 11.4 Å². The number of hydrogen-bond donors (Lipinski definition) is 0. The molecule has 0 spiro atoms. The lowest BCUT2D eigenvalue weighted by atomic mass is 9.76. The van der Waals surface area contributed by atoms with Crippen LogP contribution >= 0.6 is 0 Å². The summed E-state index contributed by atoms with van der Waals surface area (Å²) in [5.41, 5.74) is -0.897. The van der Waals surface area contributed by atoms with Gasteiger partial charge in [-0.15, -0.1) is 0 Å². The van der Waals surface area contributed by atoms with Crippen LogP contribution in [0.1, 0.15) is 52.9 Å². The Balaban J connectivity index is 2.78. The molecule has 3 nitrogen and oxygen atoms in total. The number of ketones is 1. The van der Waals surface area contributed by atoms with E-state index in [0.29, 0.717) is 0 Å². The van der Waals surface area contributed by atoms with Gasteiger partial charge >= 0.3 is 5.97 Å². The van der Waals surface area contributed by atoms with Crippen LogP contribution in [0.3, 0.4) is 0 Å². The van der Waals surface area contributed by atoms with E-state index in [0.717, 1.165) is 25.7 Å². The molecule has 1 rings (SSSR count). The molecule has 0 radical (unpaired) electrons. The van der Waals surface area contributed by atoms with Gasteiger partial charge in [0.1, 0.15) is 0 Å². The minimum Gasteiger partial charge on any atom is -0.451 e. The molecule has 1 aliphatic rings. The van der Waals surface area contributed by atoms with Crippen LogP contribution in [0.4, 0.5) is 0 Å². The Morgan fingerprint density at radius 3 is 2.07 bits per heavy atom. The Morgan fingerprint density at radius 2 is 1.67 bits per heavy atom. The Morgan fingerprint density at radius 1 is 1.13 bits per heavy atom. The third-order valence-electron chi connectivity index (χ3n) is 3.44. The second-order valence-corrected chi connectivity index (χ2v) is 4.59. The van der Waals surface area contributed by atoms with Crippen LogP contribution in [0.15, 0.2) is 0 Å². The zero-order chi connectivity index (χ0) is 11.5. The minimum absolute atomic E-state index is 0.0374. The summed E-state index contributed by atoms with van der Waals surface area (Å²) in [5, 5.41) is 0. The van der Waals surface area contributed by atoms with E-state index in [9.17, 15) is 9.59 Å². The second-order valence-electron chi connectivity index (χ2n) is 4.59. The molecule has 0 aliphatic heterocycles. The van der Waals surface area contributed by atoms with Crippen LogP contribution < -0.4 is 0 Å². The molecule has 1 unspecified atom stereocenters. The molecular formula is C12H20O3. The van der Waals surface area contributed by atoms with Crippen molar-refractivity contribution >= 4 is 11.8 Å². The largest absolute Gasteiger partial charge is 0.451 e. The third kappa shape index (κ3) is 2.80. The van der Waals surface area contributed by atoms with Gasteiger partial charge in [0.2, 0.25) is 0 Å². The van der Waals surface area contributed by atoms with Gasteiger partial charge < -0.3 is 4.74 Å². The number of esters is 1. The predicted octanol–water partition coefficient (Wildman–Crippen LogP) is 2.48. The smallest absolute Gasteiger partial charge is 0.303 e. The van der Waals surface area contributed by atoms with E-state index >= 15 is 0 Å². The number of Topliss-reactive ketones (excluding diaryl/α,β-unsaturated/α-hetero) is 1. The van der Waals surface area contributed by atoms with E-state index < -0.39 is 5.60 Å². The first-order valence-electron chi connectivity index (χ1n) is 5.67. The SMILES string of the molecule is CC(=O)OC(C)(C(C)=O)C1CCCCC1. The monoisotopic (exact) mass is 212 g/mol. The maximum Gasteiger partial charge on any atom is 0.303 e. The summed E-state index contributed by atoms with van der Waals surface area (Å²) in [4.78, 5) is 22.7. The fourth-order valence-corrected chi connectivity index (χ4v) is 2.39. The van der Waals surface area contributed by atoms with Crippen molar-refractivity contribution in [1.29, 1.82) is 0 Å². The number of hydrogen-bond acceptors (Lipinski definition) is 3. The highest BCUT2D eigenvalue weighted by Gasteiger charge is 2.42. The minimum atomic E-state index is -0.897. The summed E-state index contributed by atoms with van der Waals surface area (Å²) < 4.78 is 5.25. The molecule has 1 aliphatic carbocycles. The van der Waals surface area contributed by atoms with E-state index in [1.807, 2.05) is 0 Å². The maximum absolute atomic E-state index is 11.6. The van der Waals surface area contributed by atoms with Gasteiger partial charge in [-0.1, -0.05) is 19.3 Å². The third-order valence-corrected chi connectivity index (χ3v) is 3.44. The van der Waals surface area contributed by atoms with E-state index in [1.54, 1.807) is 6.92 Å². The Labute approximate surface area is 91.2 Å². The molecule has 86 valence electrons. The van der Waals surface area contributed by atoms with Crippen molar-refractivity contribution in [3.63, 3.8) is 0 Å². The van der Waals surface area contributed by atoms with Gasteiger partial charge in [-0.05, 0) is 26.7 Å². The molecule has 1 fully saturated rings. The van der Waals surface area contributed by atoms with Crippen molar-refractivity contribution < 1.29 is 14.3 Å². The summed E-state index contributed by atoms with van der Waals surface area (Å²) in [6.45, 7) is 4.63. The van der Waals surface area contributed by atoms with Gasteiger partial charge in [-0.3, -0.25) is 9.59 Å². The highest BCUT2D eigenvalue weighted by atomic mass is 16.6. The van der Waals surface area contributed by atoms with Gasteiger partial charge in [0, 0.05) is 12.8 Å². The van der Waals surface area contributed by atoms with Crippen LogP contribution in [0.5, 0.6) is 0 Å². The first-order valence-corrected chi connectivity index (χ1v) is 5.67. The van der Waals surface area contributed by atoms with Crippen molar-refractivity contribution in [2.75, 3.05) is 0 Å². The van der Waals surface area contributed by atoms with Gasteiger partial charge in [-0.25, -0.2) is 0 Å². The molecule has 0 heterocycles. The lowest BCUT2D eigenvalue weighted by molar-refractivity contribution is -0.170. The predicted molar refractivity (Wildman–Crippen MR) is 57.4 cm³/mol. The van der Waals surface area contributed by atoms with Gasteiger partial charge in [0.05, 0.1) is 0 Å². The van der Waals surface area contributed by atoms with Crippen molar-refractivity contribution in [2.45, 2.75) is 58.5 Å². The van der Waals surface area contributed by atoms with Crippen LogP contribution in [-0.2, 0) is 14.3 Å². The van der Waals surface area contributed by atoms with E-state index in [-0.39, 0.29) is 17.7 Å². The molecule has 1 saturated carbocycles. The van der Waals surface area contributed by atoms with Crippen molar-refractivity contribution in [3.8, 4) is 0 Å². The van der Waals surface area contributed by atoms with Crippen LogP contribution in [-0.4, -0.2) is 17.4 Å². The summed E-state index contributed by atoms with van der Waals surface area (Å²) >= 11 is 0. The summed E-state index contributed by atoms with van der Waals surface area (Å²) in [5.74, 6) is -0.199. The van der Waals surface area contributed by atoms with Crippen molar-refractivity contribution in [3.05, 3.63) is 0 Å². The molecule has 0 N–H and O–H groups in total. The van der Waals surface area contributed by atoms with E-state index in [1.165, 1.54) is 20.3 Å². The Bertz CT molecular complexity index is 254. The number of carbonyl (C=O) groups is 2. The highest BCUT2D eigenvalue weighted by Crippen LogP contribution is 2.35. The lowest BCUT2D eigenvalue weighted by Gasteiger charge is -2.37. The van der Waals surface area contributed by atoms with Crippen molar-refractivity contribution in [1.82, 2.24) is 0 Å². The Kier molecular flexibility index (Phi) is 3.89. The zero-order valence-corrected chi connectivity index (χ0v) is 9.84. The highest BCUT2D eigenvalue weighted by molar-refractivity contribution is 5.87. The summed E-state index contributed by atoms with van der Waals surface area (Å²) in [6.07, 6.45) is 5.47. The Hall–Kier alpha value is -0.860. The summed E-state index contributed by atoms with van der Waals surface area (Å²) in [7, 11) is 0. The molecule has 15 heavy (non-hydrogen) atoms. The van der Waals surface area contributed by atoms with Crippen LogP contribution in [0.25, 0.3) is 0 Å². The van der Waals surface area contributed by atoms with Gasteiger partial charge in [0.25, 0.3) is 0 Å². The quantitative estimate of drug-likeness (QED) is 0.675. The van der Waals surface area contributed by atoms with Gasteiger partial charge in [-0.2, -0.15) is 0 Å². The molecule has 0 amide bonds. The summed E-state index contributed by atoms with van der Waals surface area (Å²) in [6, 6.07) is 0. The molecular weight excluding hydrogens is 192 g/mol. The fourth-order valence-electron chi connectivity index (χ4n) is 2.39. The maximum atomic E-state index is 11.6. The molecule has 0 saturated heterocycles. The first-order chi connectivity index (χ1) is 6.97. The molecule has 1 atom stereocenters. The molecule has 0 aromatic rings. The number of carbonyl (C=O) groups excluding carboxylic acids is 2. The van der Waals surface area contributed by atoms with Crippen molar-refractivity contribution in [2.24, 2.45) is 5.92 Å². The van der Waals surface area contributed by atoms with E-state index in [4.69, 9.17) is 4.74 Å². The number of ether oxygens (including phenoxy) is 1. The van der Waals surface area contributed by atoms with Crippen LogP contribution in [0.2, 0.25) is 0 Å². The standard InChI is InChI=1S/C12H20O3/c1-9(13)12(3,15-10(2)14)11-7-5-4-6-8-11/h11H,4-8H2,1-3H3.